The van der Waals surface area contributed by atoms with E-state index in [0.717, 1.165) is 14.9 Å². The molecule has 0 aliphatic heterocycles. The normalized spacial score (nSPS) is 9.87. The van der Waals surface area contributed by atoms with Gasteiger partial charge in [-0.2, -0.15) is 10.5 Å². The molecule has 0 aliphatic rings. The summed E-state index contributed by atoms with van der Waals surface area (Å²) in [6.07, 6.45) is 0.532. The number of nitriles is 2. The summed E-state index contributed by atoms with van der Waals surface area (Å²) in [4.78, 5) is 15.8. The van der Waals surface area contributed by atoms with Crippen LogP contribution in [0.15, 0.2) is 40.9 Å². The number of hydrogen-bond donors (Lipinski definition) is 0. The van der Waals surface area contributed by atoms with Crippen LogP contribution in [0.5, 0.6) is 0 Å². The second-order valence-corrected chi connectivity index (χ2v) is 6.78. The topological polar surface area (TPSA) is 67.9 Å². The minimum atomic E-state index is -0.121. The fourth-order valence-electron chi connectivity index (χ4n) is 2.06. The predicted molar refractivity (Wildman–Crippen MR) is 93.8 cm³/mol. The smallest absolute Gasteiger partial charge is 0.264 e. The van der Waals surface area contributed by atoms with Crippen molar-refractivity contribution in [2.75, 3.05) is 13.1 Å². The number of rotatable bonds is 6. The summed E-state index contributed by atoms with van der Waals surface area (Å²) in [5.41, 5.74) is 1.05. The van der Waals surface area contributed by atoms with E-state index < -0.39 is 0 Å². The van der Waals surface area contributed by atoms with Crippen LogP contribution in [0.25, 0.3) is 10.4 Å². The maximum atomic E-state index is 12.6. The van der Waals surface area contributed by atoms with Crippen molar-refractivity contribution in [1.82, 2.24) is 4.90 Å². The van der Waals surface area contributed by atoms with E-state index in [2.05, 4.69) is 15.9 Å². The first-order valence-corrected chi connectivity index (χ1v) is 8.65. The molecule has 1 aromatic carbocycles. The van der Waals surface area contributed by atoms with Crippen LogP contribution in [0.1, 0.15) is 22.5 Å². The standard InChI is InChI=1S/C17H14BrN3OS/c18-14-5-3-13(4-6-14)15-7-8-16(23-15)17(22)21(11-1-9-19)12-2-10-20/h3-8H,1-2,11-12H2. The molecule has 23 heavy (non-hydrogen) atoms. The molecule has 1 aromatic heterocycles. The first kappa shape index (κ1) is 17.2. The lowest BCUT2D eigenvalue weighted by Gasteiger charge is -2.19. The van der Waals surface area contributed by atoms with Crippen LogP contribution in [-0.4, -0.2) is 23.9 Å². The van der Waals surface area contributed by atoms with Crippen LogP contribution in [0, 0.1) is 22.7 Å². The van der Waals surface area contributed by atoms with Crippen LogP contribution in [0.2, 0.25) is 0 Å². The highest BCUT2D eigenvalue weighted by Gasteiger charge is 2.17. The zero-order valence-corrected chi connectivity index (χ0v) is 14.7. The Balaban J connectivity index is 2.16. The molecule has 0 saturated heterocycles. The molecule has 0 saturated carbocycles. The molecule has 0 spiro atoms. The van der Waals surface area contributed by atoms with E-state index >= 15 is 0 Å². The maximum Gasteiger partial charge on any atom is 0.264 e. The highest BCUT2D eigenvalue weighted by molar-refractivity contribution is 9.10. The summed E-state index contributed by atoms with van der Waals surface area (Å²) in [5.74, 6) is -0.121. The van der Waals surface area contributed by atoms with Crippen LogP contribution in [0.3, 0.4) is 0 Å². The molecule has 0 N–H and O–H groups in total. The van der Waals surface area contributed by atoms with E-state index in [1.54, 1.807) is 11.0 Å². The van der Waals surface area contributed by atoms with Gasteiger partial charge in [0.15, 0.2) is 0 Å². The lowest BCUT2D eigenvalue weighted by Crippen LogP contribution is -2.32. The van der Waals surface area contributed by atoms with Gasteiger partial charge in [-0.25, -0.2) is 0 Å². The summed E-state index contributed by atoms with van der Waals surface area (Å²) in [6.45, 7) is 0.699. The van der Waals surface area contributed by atoms with Gasteiger partial charge in [0.1, 0.15) is 0 Å². The molecule has 0 unspecified atom stereocenters. The van der Waals surface area contributed by atoms with Crippen molar-refractivity contribution in [3.05, 3.63) is 45.7 Å². The van der Waals surface area contributed by atoms with Gasteiger partial charge in [0.2, 0.25) is 0 Å². The van der Waals surface area contributed by atoms with Gasteiger partial charge < -0.3 is 4.90 Å². The van der Waals surface area contributed by atoms with Gasteiger partial charge in [-0.3, -0.25) is 4.79 Å². The number of benzene rings is 1. The van der Waals surface area contributed by atoms with Gasteiger partial charge >= 0.3 is 0 Å². The van der Waals surface area contributed by atoms with Gasteiger partial charge in [-0.05, 0) is 29.8 Å². The molecule has 0 bridgehead atoms. The zero-order valence-electron chi connectivity index (χ0n) is 12.3. The fourth-order valence-corrected chi connectivity index (χ4v) is 3.31. The van der Waals surface area contributed by atoms with Gasteiger partial charge in [0, 0.05) is 22.4 Å². The zero-order chi connectivity index (χ0) is 16.7. The molecule has 0 radical (unpaired) electrons. The van der Waals surface area contributed by atoms with Crippen LogP contribution in [0.4, 0.5) is 0 Å². The van der Waals surface area contributed by atoms with E-state index in [1.165, 1.54) is 11.3 Å². The van der Waals surface area contributed by atoms with Crippen LogP contribution < -0.4 is 0 Å². The van der Waals surface area contributed by atoms with Crippen LogP contribution >= 0.6 is 27.3 Å². The first-order chi connectivity index (χ1) is 11.2. The van der Waals surface area contributed by atoms with E-state index in [-0.39, 0.29) is 18.7 Å². The van der Waals surface area contributed by atoms with Crippen molar-refractivity contribution in [3.8, 4) is 22.6 Å². The monoisotopic (exact) mass is 387 g/mol. The number of carbonyl (C=O) groups excluding carboxylic acids is 1. The Hall–Kier alpha value is -2.15. The van der Waals surface area contributed by atoms with Gasteiger partial charge in [-0.1, -0.05) is 28.1 Å². The van der Waals surface area contributed by atoms with Gasteiger partial charge in [0.25, 0.3) is 5.91 Å². The highest BCUT2D eigenvalue weighted by Crippen LogP contribution is 2.29. The molecule has 0 atom stereocenters. The summed E-state index contributed by atoms with van der Waals surface area (Å²) in [7, 11) is 0. The van der Waals surface area contributed by atoms with E-state index in [4.69, 9.17) is 10.5 Å². The summed E-state index contributed by atoms with van der Waals surface area (Å²) >= 11 is 4.83. The Labute approximate surface area is 147 Å². The van der Waals surface area contributed by atoms with Crippen molar-refractivity contribution < 1.29 is 4.79 Å². The second kappa shape index (κ2) is 8.47. The van der Waals surface area contributed by atoms with Gasteiger partial charge in [-0.15, -0.1) is 11.3 Å². The molecular formula is C17H14BrN3OS. The van der Waals surface area contributed by atoms with Gasteiger partial charge in [0.05, 0.1) is 29.9 Å². The Bertz CT molecular complexity index is 737. The third kappa shape index (κ3) is 4.66. The van der Waals surface area contributed by atoms with Crippen molar-refractivity contribution in [2.24, 2.45) is 0 Å². The molecule has 0 aliphatic carbocycles. The lowest BCUT2D eigenvalue weighted by atomic mass is 10.2. The molecule has 4 nitrogen and oxygen atoms in total. The Morgan fingerprint density at radius 1 is 1.04 bits per heavy atom. The molecular weight excluding hydrogens is 374 g/mol. The highest BCUT2D eigenvalue weighted by atomic mass is 79.9. The SMILES string of the molecule is N#CCCN(CCC#N)C(=O)c1ccc(-c2ccc(Br)cc2)s1. The average Bonchev–Trinajstić information content (AvgIpc) is 3.05. The quantitative estimate of drug-likeness (QED) is 0.734. The van der Waals surface area contributed by atoms with E-state index in [9.17, 15) is 4.79 Å². The molecule has 2 rings (SSSR count). The number of carbonyl (C=O) groups is 1. The number of nitrogens with zero attached hydrogens (tertiary/aromatic N) is 3. The predicted octanol–water partition coefficient (Wildman–Crippen LogP) is 4.45. The summed E-state index contributed by atoms with van der Waals surface area (Å²) < 4.78 is 1.01. The largest absolute Gasteiger partial charge is 0.336 e. The first-order valence-electron chi connectivity index (χ1n) is 7.04. The maximum absolute atomic E-state index is 12.6. The van der Waals surface area contributed by atoms with Crippen LogP contribution in [-0.2, 0) is 0 Å². The van der Waals surface area contributed by atoms with Crippen molar-refractivity contribution in [1.29, 1.82) is 10.5 Å². The fraction of sp³-hybridized carbons (Fsp3) is 0.235. The minimum Gasteiger partial charge on any atom is -0.336 e. The molecule has 0 fully saturated rings. The Morgan fingerprint density at radius 2 is 1.65 bits per heavy atom. The number of halogens is 1. The molecule has 116 valence electrons. The van der Waals surface area contributed by atoms with Crippen molar-refractivity contribution >= 4 is 33.2 Å². The number of amides is 1. The molecule has 1 heterocycles. The Morgan fingerprint density at radius 3 is 2.22 bits per heavy atom. The number of hydrogen-bond acceptors (Lipinski definition) is 4. The number of thiophene rings is 1. The van der Waals surface area contributed by atoms with E-state index in [1.807, 2.05) is 42.5 Å². The third-order valence-corrected chi connectivity index (χ3v) is 4.87. The minimum absolute atomic E-state index is 0.121. The average molecular weight is 388 g/mol. The molecule has 1 amide bonds. The van der Waals surface area contributed by atoms with E-state index in [0.29, 0.717) is 18.0 Å². The molecule has 2 aromatic rings. The second-order valence-electron chi connectivity index (χ2n) is 4.78. The molecule has 6 heteroatoms. The van der Waals surface area contributed by atoms with Crippen molar-refractivity contribution in [3.63, 3.8) is 0 Å². The summed E-state index contributed by atoms with van der Waals surface area (Å²) in [5, 5.41) is 17.4. The lowest BCUT2D eigenvalue weighted by molar-refractivity contribution is 0.0767. The summed E-state index contributed by atoms with van der Waals surface area (Å²) in [6, 6.07) is 15.7. The Kier molecular flexibility index (Phi) is 6.34. The third-order valence-electron chi connectivity index (χ3n) is 3.22. The van der Waals surface area contributed by atoms with Crippen molar-refractivity contribution in [2.45, 2.75) is 12.8 Å².